The fourth-order valence-corrected chi connectivity index (χ4v) is 2.34. The Kier molecular flexibility index (Phi) is 9.33. The molecule has 0 radical (unpaired) electrons. The van der Waals surface area contributed by atoms with Gasteiger partial charge in [-0.05, 0) is 30.2 Å². The van der Waals surface area contributed by atoms with Crippen LogP contribution in [0.4, 0.5) is 4.39 Å². The average molecular weight is 380 g/mol. The lowest BCUT2D eigenvalue weighted by molar-refractivity contribution is -0.121. The van der Waals surface area contributed by atoms with Crippen molar-refractivity contribution >= 4 is 24.2 Å². The number of nitrogens with two attached hydrogens (primary N) is 1. The van der Waals surface area contributed by atoms with Crippen molar-refractivity contribution in [2.24, 2.45) is 5.73 Å². The minimum Gasteiger partial charge on any atom is -0.356 e. The Hall–Kier alpha value is -2.44. The van der Waals surface area contributed by atoms with Gasteiger partial charge >= 0.3 is 0 Å². The third-order valence-corrected chi connectivity index (χ3v) is 3.68. The number of carbonyl (C=O) groups is 2. The summed E-state index contributed by atoms with van der Waals surface area (Å²) in [5.41, 5.74) is 7.19. The number of hydrogen-bond donors (Lipinski definition) is 3. The number of amides is 2. The van der Waals surface area contributed by atoms with Crippen molar-refractivity contribution in [3.8, 4) is 0 Å². The van der Waals surface area contributed by atoms with Gasteiger partial charge in [-0.1, -0.05) is 36.4 Å². The van der Waals surface area contributed by atoms with Gasteiger partial charge in [-0.25, -0.2) is 4.39 Å². The molecule has 2 aromatic carbocycles. The SMILES string of the molecule is Cl.NC(CC(=O)NCCCNC(=O)c1cccc(F)c1)c1ccccc1. The summed E-state index contributed by atoms with van der Waals surface area (Å²) in [4.78, 5) is 23.7. The molecule has 0 bridgehead atoms. The van der Waals surface area contributed by atoms with Crippen LogP contribution in [-0.2, 0) is 4.79 Å². The van der Waals surface area contributed by atoms with Gasteiger partial charge < -0.3 is 16.4 Å². The Bertz CT molecular complexity index is 713. The topological polar surface area (TPSA) is 84.2 Å². The van der Waals surface area contributed by atoms with E-state index < -0.39 is 5.82 Å². The van der Waals surface area contributed by atoms with Crippen molar-refractivity contribution in [3.63, 3.8) is 0 Å². The van der Waals surface area contributed by atoms with E-state index in [1.165, 1.54) is 18.2 Å². The summed E-state index contributed by atoms with van der Waals surface area (Å²) in [6.07, 6.45) is 0.785. The highest BCUT2D eigenvalue weighted by Gasteiger charge is 2.11. The van der Waals surface area contributed by atoms with Crippen molar-refractivity contribution in [3.05, 3.63) is 71.5 Å². The van der Waals surface area contributed by atoms with E-state index >= 15 is 0 Å². The molecule has 0 aromatic heterocycles. The van der Waals surface area contributed by atoms with Crippen molar-refractivity contribution in [1.29, 1.82) is 0 Å². The van der Waals surface area contributed by atoms with E-state index in [-0.39, 0.29) is 42.2 Å². The largest absolute Gasteiger partial charge is 0.356 e. The lowest BCUT2D eigenvalue weighted by Gasteiger charge is -2.12. The number of halogens is 2. The van der Waals surface area contributed by atoms with Gasteiger partial charge in [-0.2, -0.15) is 0 Å². The summed E-state index contributed by atoms with van der Waals surface area (Å²) in [6.45, 7) is 0.824. The standard InChI is InChI=1S/C19H22FN3O2.ClH/c20-16-9-4-8-15(12-16)19(25)23-11-5-10-22-18(24)13-17(21)14-6-2-1-3-7-14;/h1-4,6-9,12,17H,5,10-11,13,21H2,(H,22,24)(H,23,25);1H. The number of rotatable bonds is 8. The van der Waals surface area contributed by atoms with E-state index in [0.29, 0.717) is 19.5 Å². The molecule has 0 aliphatic rings. The van der Waals surface area contributed by atoms with Gasteiger partial charge in [0.15, 0.2) is 0 Å². The van der Waals surface area contributed by atoms with Crippen LogP contribution < -0.4 is 16.4 Å². The first kappa shape index (κ1) is 21.6. The van der Waals surface area contributed by atoms with Crippen LogP contribution in [-0.4, -0.2) is 24.9 Å². The second-order valence-electron chi connectivity index (χ2n) is 5.69. The quantitative estimate of drug-likeness (QED) is 0.616. The smallest absolute Gasteiger partial charge is 0.251 e. The van der Waals surface area contributed by atoms with E-state index in [4.69, 9.17) is 5.73 Å². The molecule has 1 unspecified atom stereocenters. The first-order valence-electron chi connectivity index (χ1n) is 8.17. The van der Waals surface area contributed by atoms with Crippen molar-refractivity contribution in [2.75, 3.05) is 13.1 Å². The van der Waals surface area contributed by atoms with Crippen LogP contribution in [0.3, 0.4) is 0 Å². The molecule has 2 aromatic rings. The molecule has 0 aliphatic heterocycles. The Morgan fingerprint density at radius 2 is 1.69 bits per heavy atom. The highest BCUT2D eigenvalue weighted by Crippen LogP contribution is 2.12. The molecule has 7 heteroatoms. The lowest BCUT2D eigenvalue weighted by Crippen LogP contribution is -2.31. The molecule has 0 heterocycles. The van der Waals surface area contributed by atoms with Gasteiger partial charge in [0.25, 0.3) is 5.91 Å². The summed E-state index contributed by atoms with van der Waals surface area (Å²) in [7, 11) is 0. The van der Waals surface area contributed by atoms with Crippen LogP contribution in [0, 0.1) is 5.82 Å². The predicted molar refractivity (Wildman–Crippen MR) is 102 cm³/mol. The first-order chi connectivity index (χ1) is 12.1. The maximum atomic E-state index is 13.0. The molecular weight excluding hydrogens is 357 g/mol. The lowest BCUT2D eigenvalue weighted by atomic mass is 10.0. The molecule has 0 spiro atoms. The highest BCUT2D eigenvalue weighted by molar-refractivity contribution is 5.94. The molecule has 2 amide bonds. The summed E-state index contributed by atoms with van der Waals surface area (Å²) < 4.78 is 13.0. The Balaban J connectivity index is 0.00000338. The van der Waals surface area contributed by atoms with E-state index in [2.05, 4.69) is 10.6 Å². The molecule has 5 nitrogen and oxygen atoms in total. The molecule has 4 N–H and O–H groups in total. The van der Waals surface area contributed by atoms with Crippen molar-refractivity contribution < 1.29 is 14.0 Å². The fourth-order valence-electron chi connectivity index (χ4n) is 2.34. The minimum atomic E-state index is -0.449. The van der Waals surface area contributed by atoms with Gasteiger partial charge in [0.05, 0.1) is 0 Å². The maximum Gasteiger partial charge on any atom is 0.251 e. The van der Waals surface area contributed by atoms with E-state index in [1.54, 1.807) is 6.07 Å². The van der Waals surface area contributed by atoms with Crippen molar-refractivity contribution in [1.82, 2.24) is 10.6 Å². The molecule has 140 valence electrons. The van der Waals surface area contributed by atoms with Crippen LogP contribution in [0.15, 0.2) is 54.6 Å². The van der Waals surface area contributed by atoms with Gasteiger partial charge in [0.2, 0.25) is 5.91 Å². The first-order valence-corrected chi connectivity index (χ1v) is 8.17. The monoisotopic (exact) mass is 379 g/mol. The van der Waals surface area contributed by atoms with E-state index in [1.807, 2.05) is 30.3 Å². The van der Waals surface area contributed by atoms with Crippen LogP contribution in [0.2, 0.25) is 0 Å². The molecule has 26 heavy (non-hydrogen) atoms. The van der Waals surface area contributed by atoms with E-state index in [9.17, 15) is 14.0 Å². The van der Waals surface area contributed by atoms with E-state index in [0.717, 1.165) is 5.56 Å². The normalized spacial score (nSPS) is 11.2. The molecule has 2 rings (SSSR count). The average Bonchev–Trinajstić information content (AvgIpc) is 2.62. The van der Waals surface area contributed by atoms with Crippen molar-refractivity contribution in [2.45, 2.75) is 18.9 Å². The Labute approximate surface area is 158 Å². The second kappa shape index (κ2) is 11.2. The second-order valence-corrected chi connectivity index (χ2v) is 5.69. The number of nitrogens with one attached hydrogen (secondary N) is 2. The molecule has 0 saturated carbocycles. The van der Waals surface area contributed by atoms with Crippen LogP contribution in [0.5, 0.6) is 0 Å². The molecule has 1 atom stereocenters. The van der Waals surface area contributed by atoms with Gasteiger partial charge in [0, 0.05) is 31.1 Å². The Morgan fingerprint density at radius 3 is 2.38 bits per heavy atom. The van der Waals surface area contributed by atoms with Crippen LogP contribution >= 0.6 is 12.4 Å². The zero-order valence-corrected chi connectivity index (χ0v) is 15.1. The fraction of sp³-hybridized carbons (Fsp3) is 0.263. The summed E-state index contributed by atoms with van der Waals surface area (Å²) in [6, 6.07) is 14.6. The van der Waals surface area contributed by atoms with Gasteiger partial charge in [-0.15, -0.1) is 12.4 Å². The summed E-state index contributed by atoms with van der Waals surface area (Å²) in [5.74, 6) is -0.917. The molecule has 0 fully saturated rings. The highest BCUT2D eigenvalue weighted by atomic mass is 35.5. The predicted octanol–water partition coefficient (Wildman–Crippen LogP) is 2.57. The maximum absolute atomic E-state index is 13.0. The van der Waals surface area contributed by atoms with Gasteiger partial charge in [0.1, 0.15) is 5.82 Å². The molecule has 0 saturated heterocycles. The van der Waals surface area contributed by atoms with Crippen LogP contribution in [0.25, 0.3) is 0 Å². The zero-order chi connectivity index (χ0) is 18.1. The molecule has 0 aliphatic carbocycles. The molecular formula is C19H23ClFN3O2. The number of benzene rings is 2. The summed E-state index contributed by atoms with van der Waals surface area (Å²) in [5, 5.41) is 5.46. The summed E-state index contributed by atoms with van der Waals surface area (Å²) >= 11 is 0. The third kappa shape index (κ3) is 7.21. The van der Waals surface area contributed by atoms with Gasteiger partial charge in [-0.3, -0.25) is 9.59 Å². The Morgan fingerprint density at radius 1 is 1.00 bits per heavy atom. The minimum absolute atomic E-state index is 0. The van der Waals surface area contributed by atoms with Crippen LogP contribution in [0.1, 0.15) is 34.8 Å². The third-order valence-electron chi connectivity index (χ3n) is 3.68. The number of carbonyl (C=O) groups excluding carboxylic acids is 2. The number of hydrogen-bond acceptors (Lipinski definition) is 3. The zero-order valence-electron chi connectivity index (χ0n) is 14.3.